The van der Waals surface area contributed by atoms with Crippen LogP contribution in [0.3, 0.4) is 0 Å². The first-order valence-electron chi connectivity index (χ1n) is 6.87. The molecule has 0 bridgehead atoms. The van der Waals surface area contributed by atoms with Gasteiger partial charge in [-0.25, -0.2) is 0 Å². The second-order valence-corrected chi connectivity index (χ2v) is 5.02. The van der Waals surface area contributed by atoms with Crippen LogP contribution in [-0.2, 0) is 6.54 Å². The predicted octanol–water partition coefficient (Wildman–Crippen LogP) is 3.34. The molecular weight excluding hydrogens is 234 g/mol. The fourth-order valence-corrected chi connectivity index (χ4v) is 2.42. The van der Waals surface area contributed by atoms with Gasteiger partial charge in [-0.3, -0.25) is 4.90 Å². The molecule has 0 saturated carbocycles. The Morgan fingerprint density at radius 2 is 1.63 bits per heavy atom. The molecule has 0 radical (unpaired) electrons. The first kappa shape index (κ1) is 12.2. The van der Waals surface area contributed by atoms with Gasteiger partial charge in [-0.2, -0.15) is 0 Å². The smallest absolute Gasteiger partial charge is 0.119 e. The molecule has 98 valence electrons. The fraction of sp³-hybridized carbons (Fsp3) is 0.294. The molecule has 1 fully saturated rings. The van der Waals surface area contributed by atoms with Crippen molar-refractivity contribution in [2.45, 2.75) is 19.0 Å². The highest BCUT2D eigenvalue weighted by molar-refractivity contribution is 5.21. The minimum atomic E-state index is 0.556. The molecule has 0 amide bonds. The molecule has 2 nitrogen and oxygen atoms in total. The van der Waals surface area contributed by atoms with Gasteiger partial charge in [-0.05, 0) is 24.1 Å². The van der Waals surface area contributed by atoms with E-state index in [1.807, 2.05) is 30.3 Å². The second kappa shape index (κ2) is 5.89. The summed E-state index contributed by atoms with van der Waals surface area (Å²) in [5, 5.41) is 0. The molecule has 2 heteroatoms. The van der Waals surface area contributed by atoms with Gasteiger partial charge in [0.25, 0.3) is 0 Å². The van der Waals surface area contributed by atoms with E-state index < -0.39 is 0 Å². The first-order valence-corrected chi connectivity index (χ1v) is 6.87. The van der Waals surface area contributed by atoms with Crippen LogP contribution in [0, 0.1) is 0 Å². The second-order valence-electron chi connectivity index (χ2n) is 5.02. The number of benzene rings is 2. The van der Waals surface area contributed by atoms with E-state index >= 15 is 0 Å². The van der Waals surface area contributed by atoms with Gasteiger partial charge in [0.2, 0.25) is 0 Å². The Kier molecular flexibility index (Phi) is 3.80. The Balaban J connectivity index is 1.50. The maximum absolute atomic E-state index is 5.84. The van der Waals surface area contributed by atoms with Crippen molar-refractivity contribution in [3.05, 3.63) is 66.2 Å². The third-order valence-corrected chi connectivity index (χ3v) is 3.68. The zero-order valence-corrected chi connectivity index (χ0v) is 11.0. The van der Waals surface area contributed by atoms with Gasteiger partial charge < -0.3 is 4.74 Å². The summed E-state index contributed by atoms with van der Waals surface area (Å²) in [4.78, 5) is 2.48. The van der Waals surface area contributed by atoms with Crippen LogP contribution in [0.5, 0.6) is 5.75 Å². The number of hydrogen-bond donors (Lipinski definition) is 0. The van der Waals surface area contributed by atoms with Gasteiger partial charge in [0, 0.05) is 19.1 Å². The zero-order valence-electron chi connectivity index (χ0n) is 11.0. The largest absolute Gasteiger partial charge is 0.492 e. The Labute approximate surface area is 114 Å². The minimum absolute atomic E-state index is 0.556. The summed E-state index contributed by atoms with van der Waals surface area (Å²) in [6.45, 7) is 3.00. The van der Waals surface area contributed by atoms with Crippen LogP contribution in [0.25, 0.3) is 0 Å². The molecule has 1 aliphatic rings. The number of ether oxygens (including phenoxy) is 1. The Morgan fingerprint density at radius 3 is 2.26 bits per heavy atom. The summed E-state index contributed by atoms with van der Waals surface area (Å²) >= 11 is 0. The van der Waals surface area contributed by atoms with Crippen molar-refractivity contribution < 1.29 is 4.74 Å². The molecule has 2 aromatic carbocycles. The number of nitrogens with zero attached hydrogens (tertiary/aromatic N) is 1. The van der Waals surface area contributed by atoms with Crippen LogP contribution >= 0.6 is 0 Å². The van der Waals surface area contributed by atoms with E-state index in [4.69, 9.17) is 4.74 Å². The Morgan fingerprint density at radius 1 is 0.947 bits per heavy atom. The topological polar surface area (TPSA) is 12.5 Å². The average Bonchev–Trinajstić information content (AvgIpc) is 2.46. The highest BCUT2D eigenvalue weighted by Crippen LogP contribution is 2.21. The SMILES string of the molecule is c1ccc(CN2CCC2COc2ccccc2)cc1. The van der Waals surface area contributed by atoms with Gasteiger partial charge in [0.1, 0.15) is 12.4 Å². The number of hydrogen-bond acceptors (Lipinski definition) is 2. The summed E-state index contributed by atoms with van der Waals surface area (Å²) in [5.74, 6) is 0.967. The van der Waals surface area contributed by atoms with E-state index in [-0.39, 0.29) is 0 Å². The summed E-state index contributed by atoms with van der Waals surface area (Å²) in [6, 6.07) is 21.3. The Bertz CT molecular complexity index is 497. The van der Waals surface area contributed by atoms with Crippen LogP contribution in [0.1, 0.15) is 12.0 Å². The van der Waals surface area contributed by atoms with Crippen molar-refractivity contribution in [1.82, 2.24) is 4.90 Å². The lowest BCUT2D eigenvalue weighted by molar-refractivity contribution is 0.0436. The molecule has 1 atom stereocenters. The lowest BCUT2D eigenvalue weighted by atomic mass is 10.0. The molecule has 2 aromatic rings. The van der Waals surface area contributed by atoms with E-state index in [0.29, 0.717) is 6.04 Å². The monoisotopic (exact) mass is 253 g/mol. The number of para-hydroxylation sites is 1. The van der Waals surface area contributed by atoms with Crippen LogP contribution in [0.15, 0.2) is 60.7 Å². The first-order chi connectivity index (χ1) is 9.42. The van der Waals surface area contributed by atoms with Crippen molar-refractivity contribution in [1.29, 1.82) is 0 Å². The third-order valence-electron chi connectivity index (χ3n) is 3.68. The minimum Gasteiger partial charge on any atom is -0.492 e. The molecule has 1 heterocycles. The number of rotatable bonds is 5. The molecule has 0 spiro atoms. The lowest BCUT2D eigenvalue weighted by Gasteiger charge is -2.40. The molecular formula is C17H19NO. The Hall–Kier alpha value is -1.80. The summed E-state index contributed by atoms with van der Waals surface area (Å²) in [5.41, 5.74) is 1.38. The van der Waals surface area contributed by atoms with Crippen LogP contribution in [-0.4, -0.2) is 24.1 Å². The molecule has 0 aromatic heterocycles. The van der Waals surface area contributed by atoms with Gasteiger partial charge >= 0.3 is 0 Å². The maximum atomic E-state index is 5.84. The fourth-order valence-electron chi connectivity index (χ4n) is 2.42. The van der Waals surface area contributed by atoms with Crippen molar-refractivity contribution >= 4 is 0 Å². The molecule has 19 heavy (non-hydrogen) atoms. The van der Waals surface area contributed by atoms with Gasteiger partial charge in [-0.1, -0.05) is 48.5 Å². The highest BCUT2D eigenvalue weighted by Gasteiger charge is 2.28. The van der Waals surface area contributed by atoms with E-state index in [0.717, 1.165) is 18.9 Å². The van der Waals surface area contributed by atoms with Crippen LogP contribution in [0.4, 0.5) is 0 Å². The lowest BCUT2D eigenvalue weighted by Crippen LogP contribution is -2.50. The predicted molar refractivity (Wildman–Crippen MR) is 77.2 cm³/mol. The summed E-state index contributed by atoms with van der Waals surface area (Å²) in [7, 11) is 0. The molecule has 0 aliphatic carbocycles. The quantitative estimate of drug-likeness (QED) is 0.810. The van der Waals surface area contributed by atoms with Crippen molar-refractivity contribution in [2.24, 2.45) is 0 Å². The van der Waals surface area contributed by atoms with E-state index in [9.17, 15) is 0 Å². The standard InChI is InChI=1S/C17H19NO/c1-3-7-15(8-4-1)13-18-12-11-16(18)14-19-17-9-5-2-6-10-17/h1-10,16H,11-14H2. The van der Waals surface area contributed by atoms with Crippen molar-refractivity contribution in [3.63, 3.8) is 0 Å². The van der Waals surface area contributed by atoms with Crippen LogP contribution < -0.4 is 4.74 Å². The van der Waals surface area contributed by atoms with E-state index in [2.05, 4.69) is 35.2 Å². The molecule has 3 rings (SSSR count). The molecule has 1 saturated heterocycles. The summed E-state index contributed by atoms with van der Waals surface area (Å²) < 4.78 is 5.84. The molecule has 1 aliphatic heterocycles. The molecule has 1 unspecified atom stereocenters. The zero-order chi connectivity index (χ0) is 12.9. The maximum Gasteiger partial charge on any atom is 0.119 e. The normalized spacial score (nSPS) is 18.8. The highest BCUT2D eigenvalue weighted by atomic mass is 16.5. The number of likely N-dealkylation sites (tertiary alicyclic amines) is 1. The van der Waals surface area contributed by atoms with E-state index in [1.165, 1.54) is 18.5 Å². The third kappa shape index (κ3) is 3.15. The van der Waals surface area contributed by atoms with Crippen molar-refractivity contribution in [3.8, 4) is 5.75 Å². The van der Waals surface area contributed by atoms with Crippen molar-refractivity contribution in [2.75, 3.05) is 13.2 Å². The average molecular weight is 253 g/mol. The van der Waals surface area contributed by atoms with E-state index in [1.54, 1.807) is 0 Å². The van der Waals surface area contributed by atoms with Gasteiger partial charge in [-0.15, -0.1) is 0 Å². The molecule has 0 N–H and O–H groups in total. The van der Waals surface area contributed by atoms with Gasteiger partial charge in [0.05, 0.1) is 0 Å². The summed E-state index contributed by atoms with van der Waals surface area (Å²) in [6.07, 6.45) is 1.24. The van der Waals surface area contributed by atoms with Gasteiger partial charge in [0.15, 0.2) is 0 Å². The van der Waals surface area contributed by atoms with Crippen LogP contribution in [0.2, 0.25) is 0 Å².